The Morgan fingerprint density at radius 2 is 1.74 bits per heavy atom. The minimum Gasteiger partial charge on any atom is -0.870 e. The van der Waals surface area contributed by atoms with Crippen LogP contribution < -0.4 is 44.7 Å². The summed E-state index contributed by atoms with van der Waals surface area (Å²) in [6.45, 7) is 1.45. The fourth-order valence-corrected chi connectivity index (χ4v) is 4.74. The standard InChI is InChI=1S/C25H19Cl2N3O6S.Na/c1-13-9-19(27)21(12-22(13)37(33,34)35)29-30-23-16-6-4-3-5-14(16)10-17(24(23)31)25(32)28-20-11-15(36-2)7-8-18(20)26;/h3-12,31H,1-2H3,(H,28,32)(H,33,34,35);/q;+1/p-1. The summed E-state index contributed by atoms with van der Waals surface area (Å²) in [5.74, 6) is -1.00. The van der Waals surface area contributed by atoms with E-state index in [1.807, 2.05) is 0 Å². The van der Waals surface area contributed by atoms with E-state index in [9.17, 15) is 22.9 Å². The van der Waals surface area contributed by atoms with E-state index in [1.54, 1.807) is 36.4 Å². The van der Waals surface area contributed by atoms with Gasteiger partial charge in [-0.2, -0.15) is 13.5 Å². The van der Waals surface area contributed by atoms with Crippen LogP contribution in [0.3, 0.4) is 0 Å². The third-order valence-corrected chi connectivity index (χ3v) is 7.05. The van der Waals surface area contributed by atoms with Crippen LogP contribution >= 0.6 is 23.2 Å². The van der Waals surface area contributed by atoms with Crippen LogP contribution in [0.25, 0.3) is 10.8 Å². The van der Waals surface area contributed by atoms with Gasteiger partial charge < -0.3 is 15.2 Å². The Kier molecular flexibility index (Phi) is 9.43. The summed E-state index contributed by atoms with van der Waals surface area (Å²) in [6.07, 6.45) is 0. The Bertz CT molecular complexity index is 1700. The van der Waals surface area contributed by atoms with Gasteiger partial charge in [-0.05, 0) is 48.2 Å². The molecular weight excluding hydrogens is 564 g/mol. The number of nitrogens with one attached hydrogen (secondary N) is 1. The van der Waals surface area contributed by atoms with Gasteiger partial charge in [0.25, 0.3) is 16.0 Å². The van der Waals surface area contributed by atoms with Crippen molar-refractivity contribution in [2.45, 2.75) is 11.8 Å². The number of methoxy groups -OCH3 is 1. The molecule has 4 rings (SSSR count). The van der Waals surface area contributed by atoms with E-state index in [4.69, 9.17) is 27.9 Å². The van der Waals surface area contributed by atoms with Gasteiger partial charge in [0.05, 0.1) is 33.4 Å². The number of hydrogen-bond acceptors (Lipinski definition) is 7. The number of halogens is 2. The van der Waals surface area contributed by atoms with Crippen LogP contribution in [0.4, 0.5) is 17.1 Å². The van der Waals surface area contributed by atoms with Gasteiger partial charge in [0.1, 0.15) is 11.4 Å². The normalized spacial score (nSPS) is 11.4. The average Bonchev–Trinajstić information content (AvgIpc) is 2.84. The number of hydrogen-bond donors (Lipinski definition) is 2. The maximum Gasteiger partial charge on any atom is 1.00 e. The van der Waals surface area contributed by atoms with Crippen LogP contribution in [-0.2, 0) is 10.1 Å². The van der Waals surface area contributed by atoms with Crippen molar-refractivity contribution in [3.05, 3.63) is 81.8 Å². The monoisotopic (exact) mass is 581 g/mol. The largest absolute Gasteiger partial charge is 1.00 e. The van der Waals surface area contributed by atoms with Crippen LogP contribution in [-0.4, -0.2) is 26.0 Å². The molecule has 0 spiro atoms. The van der Waals surface area contributed by atoms with Gasteiger partial charge in [-0.1, -0.05) is 53.2 Å². The summed E-state index contributed by atoms with van der Waals surface area (Å²) in [5.41, 5.74) is -0.0335. The molecule has 0 aliphatic carbocycles. The summed E-state index contributed by atoms with van der Waals surface area (Å²) in [6, 6.07) is 15.2. The van der Waals surface area contributed by atoms with Crippen molar-refractivity contribution in [3.8, 4) is 11.5 Å². The number of benzene rings is 4. The van der Waals surface area contributed by atoms with Gasteiger partial charge in [0, 0.05) is 17.0 Å². The molecule has 0 atom stereocenters. The van der Waals surface area contributed by atoms with Crippen molar-refractivity contribution >= 4 is 67.1 Å². The second-order valence-corrected chi connectivity index (χ2v) is 10.1. The van der Waals surface area contributed by atoms with Gasteiger partial charge in [-0.15, -0.1) is 5.11 Å². The fourth-order valence-electron chi connectivity index (χ4n) is 3.59. The molecule has 0 saturated heterocycles. The number of anilines is 1. The minimum absolute atomic E-state index is 0. The summed E-state index contributed by atoms with van der Waals surface area (Å²) in [4.78, 5) is 12.7. The average molecular weight is 582 g/mol. The second kappa shape index (κ2) is 12.0. The zero-order chi connectivity index (χ0) is 26.9. The first-order chi connectivity index (χ1) is 17.5. The second-order valence-electron chi connectivity index (χ2n) is 7.87. The predicted molar refractivity (Wildman–Crippen MR) is 140 cm³/mol. The number of azo groups is 1. The Hall–Kier alpha value is -2.70. The molecular formula is C25H18Cl2N3NaO6S. The molecule has 190 valence electrons. The molecule has 0 heterocycles. The van der Waals surface area contributed by atoms with E-state index in [0.717, 1.165) is 6.07 Å². The smallest absolute Gasteiger partial charge is 0.870 e. The Morgan fingerprint density at radius 1 is 1.03 bits per heavy atom. The van der Waals surface area contributed by atoms with Crippen molar-refractivity contribution in [3.63, 3.8) is 0 Å². The van der Waals surface area contributed by atoms with E-state index in [1.165, 1.54) is 32.2 Å². The zero-order valence-electron chi connectivity index (χ0n) is 20.3. The van der Waals surface area contributed by atoms with Gasteiger partial charge in [-0.3, -0.25) is 9.35 Å². The molecule has 0 saturated carbocycles. The number of aryl methyl sites for hydroxylation is 1. The molecule has 0 radical (unpaired) electrons. The van der Waals surface area contributed by atoms with Gasteiger partial charge >= 0.3 is 29.6 Å². The maximum atomic E-state index is 13.4. The number of carbonyl (C=O) groups is 1. The number of amides is 1. The van der Waals surface area contributed by atoms with Crippen LogP contribution in [0.5, 0.6) is 11.5 Å². The number of nitrogens with zero attached hydrogens (tertiary/aromatic N) is 2. The first kappa shape index (κ1) is 29.9. The van der Waals surface area contributed by atoms with Crippen molar-refractivity contribution in [1.29, 1.82) is 0 Å². The molecule has 0 aliphatic rings. The predicted octanol–water partition coefficient (Wildman–Crippen LogP) is 3.46. The minimum atomic E-state index is -4.55. The van der Waals surface area contributed by atoms with E-state index >= 15 is 0 Å². The molecule has 0 aliphatic heterocycles. The van der Waals surface area contributed by atoms with E-state index in [2.05, 4.69) is 15.5 Å². The van der Waals surface area contributed by atoms with E-state index in [-0.39, 0.29) is 67.8 Å². The molecule has 4 aromatic carbocycles. The van der Waals surface area contributed by atoms with Crippen LogP contribution in [0.2, 0.25) is 10.0 Å². The van der Waals surface area contributed by atoms with Crippen LogP contribution in [0.15, 0.2) is 75.8 Å². The molecule has 13 heteroatoms. The first-order valence-corrected chi connectivity index (χ1v) is 12.8. The number of ether oxygens (including phenoxy) is 1. The molecule has 0 unspecified atom stereocenters. The molecule has 0 aromatic heterocycles. The third kappa shape index (κ3) is 6.29. The van der Waals surface area contributed by atoms with Crippen molar-refractivity contribution in [2.24, 2.45) is 10.2 Å². The molecule has 4 aromatic rings. The zero-order valence-corrected chi connectivity index (χ0v) is 24.6. The number of rotatable bonds is 6. The maximum absolute atomic E-state index is 13.4. The van der Waals surface area contributed by atoms with Gasteiger partial charge in [0.15, 0.2) is 0 Å². The van der Waals surface area contributed by atoms with Crippen LogP contribution in [0.1, 0.15) is 15.9 Å². The van der Waals surface area contributed by atoms with Gasteiger partial charge in [-0.25, -0.2) is 0 Å². The summed E-state index contributed by atoms with van der Waals surface area (Å²) < 4.78 is 38.0. The SMILES string of the molecule is COc1ccc(Cl)c(NC(=O)c2cc3ccccc3c(N=Nc3cc(S(=O)(=O)O)c(C)cc3Cl)c2[O-])c1.[Na+]. The summed E-state index contributed by atoms with van der Waals surface area (Å²) >= 11 is 12.4. The van der Waals surface area contributed by atoms with Crippen molar-refractivity contribution < 1.29 is 57.2 Å². The first-order valence-electron chi connectivity index (χ1n) is 10.6. The molecule has 38 heavy (non-hydrogen) atoms. The Morgan fingerprint density at radius 3 is 2.42 bits per heavy atom. The molecule has 1 amide bonds. The van der Waals surface area contributed by atoms with Crippen LogP contribution in [0, 0.1) is 6.92 Å². The molecule has 9 nitrogen and oxygen atoms in total. The quantitative estimate of drug-likeness (QED) is 0.203. The van der Waals surface area contributed by atoms with E-state index in [0.29, 0.717) is 16.5 Å². The summed E-state index contributed by atoms with van der Waals surface area (Å²) in [7, 11) is -3.09. The number of fused-ring (bicyclic) bond motifs is 1. The topological polar surface area (TPSA) is 140 Å². The third-order valence-electron chi connectivity index (χ3n) is 5.42. The summed E-state index contributed by atoms with van der Waals surface area (Å²) in [5, 5.41) is 25.2. The Labute approximate surface area is 250 Å². The van der Waals surface area contributed by atoms with Crippen molar-refractivity contribution in [2.75, 3.05) is 12.4 Å². The molecule has 0 bridgehead atoms. The molecule has 2 N–H and O–H groups in total. The fraction of sp³-hybridized carbons (Fsp3) is 0.0800. The van der Waals surface area contributed by atoms with Gasteiger partial charge in [0.2, 0.25) is 0 Å². The number of carbonyl (C=O) groups excluding carboxylic acids is 1. The van der Waals surface area contributed by atoms with Crippen molar-refractivity contribution in [1.82, 2.24) is 0 Å². The van der Waals surface area contributed by atoms with E-state index < -0.39 is 26.7 Å². The molecule has 0 fully saturated rings. The Balaban J connectivity index is 0.00000400.